The molecule has 0 aromatic heterocycles. The monoisotopic (exact) mass is 419 g/mol. The number of methoxy groups -OCH3 is 1. The zero-order valence-corrected chi connectivity index (χ0v) is 17.1. The van der Waals surface area contributed by atoms with Gasteiger partial charge in [-0.15, -0.1) is 0 Å². The summed E-state index contributed by atoms with van der Waals surface area (Å²) in [5, 5.41) is 9.27. The van der Waals surface area contributed by atoms with Gasteiger partial charge in [0.25, 0.3) is 5.91 Å². The van der Waals surface area contributed by atoms with Gasteiger partial charge < -0.3 is 20.7 Å². The van der Waals surface area contributed by atoms with E-state index >= 15 is 0 Å². The maximum absolute atomic E-state index is 12.9. The molecule has 1 unspecified atom stereocenters. The fourth-order valence-electron chi connectivity index (χ4n) is 2.79. The van der Waals surface area contributed by atoms with Crippen molar-refractivity contribution >= 4 is 40.6 Å². The molecule has 0 fully saturated rings. The summed E-state index contributed by atoms with van der Waals surface area (Å²) in [5.74, 6) is -0.651. The Kier molecular flexibility index (Phi) is 7.13. The minimum Gasteiger partial charge on any atom is -0.465 e. The first-order valence-corrected chi connectivity index (χ1v) is 9.64. The van der Waals surface area contributed by atoms with Crippen LogP contribution in [0.15, 0.2) is 84.9 Å². The zero-order chi connectivity index (χ0) is 21.3. The molecule has 0 radical (unpaired) electrons. The molecule has 1 atom stereocenters. The van der Waals surface area contributed by atoms with Gasteiger partial charge in [-0.3, -0.25) is 4.79 Å². The molecule has 0 heterocycles. The normalized spacial score (nSPS) is 11.1. The van der Waals surface area contributed by atoms with Crippen LogP contribution in [0, 0.1) is 0 Å². The molecule has 152 valence electrons. The standard InChI is InChI=1S/C23H21N3O3S/c1-29-22(28)17-12-14-19(15-13-17)25-23(30)26-20(16-8-4-2-5-9-16)21(27)24-18-10-6-3-7-11-18/h2-15,20H,1H3,(H,24,27)(H2,25,26,30). The van der Waals surface area contributed by atoms with Gasteiger partial charge >= 0.3 is 5.97 Å². The van der Waals surface area contributed by atoms with E-state index in [1.807, 2.05) is 60.7 Å². The van der Waals surface area contributed by atoms with Crippen LogP contribution in [0.5, 0.6) is 0 Å². The second-order valence-electron chi connectivity index (χ2n) is 6.37. The molecule has 3 rings (SSSR count). The maximum Gasteiger partial charge on any atom is 0.337 e. The molecule has 3 aromatic rings. The molecule has 7 heteroatoms. The van der Waals surface area contributed by atoms with Crippen molar-refractivity contribution in [3.63, 3.8) is 0 Å². The van der Waals surface area contributed by atoms with Crippen molar-refractivity contribution in [2.24, 2.45) is 0 Å². The molecule has 0 spiro atoms. The quantitative estimate of drug-likeness (QED) is 0.412. The number of esters is 1. The van der Waals surface area contributed by atoms with Crippen molar-refractivity contribution < 1.29 is 14.3 Å². The number of hydrogen-bond donors (Lipinski definition) is 3. The van der Waals surface area contributed by atoms with Gasteiger partial charge in [0.1, 0.15) is 6.04 Å². The van der Waals surface area contributed by atoms with Crippen molar-refractivity contribution in [3.05, 3.63) is 96.1 Å². The van der Waals surface area contributed by atoms with E-state index < -0.39 is 12.0 Å². The molecule has 30 heavy (non-hydrogen) atoms. The number of rotatable bonds is 6. The van der Waals surface area contributed by atoms with Gasteiger partial charge in [-0.2, -0.15) is 0 Å². The van der Waals surface area contributed by atoms with E-state index in [2.05, 4.69) is 16.0 Å². The minimum atomic E-state index is -0.694. The number of amides is 1. The number of hydrogen-bond acceptors (Lipinski definition) is 4. The van der Waals surface area contributed by atoms with Gasteiger partial charge in [0.2, 0.25) is 0 Å². The van der Waals surface area contributed by atoms with E-state index in [0.717, 1.165) is 5.56 Å². The van der Waals surface area contributed by atoms with Crippen LogP contribution in [0.4, 0.5) is 11.4 Å². The van der Waals surface area contributed by atoms with Crippen molar-refractivity contribution in [3.8, 4) is 0 Å². The summed E-state index contributed by atoms with van der Waals surface area (Å²) < 4.78 is 4.69. The topological polar surface area (TPSA) is 79.5 Å². The summed E-state index contributed by atoms with van der Waals surface area (Å²) >= 11 is 5.41. The summed E-state index contributed by atoms with van der Waals surface area (Å²) in [6.07, 6.45) is 0. The highest BCUT2D eigenvalue weighted by Gasteiger charge is 2.21. The Morgan fingerprint density at radius 1 is 0.800 bits per heavy atom. The molecule has 3 aromatic carbocycles. The predicted octanol–water partition coefficient (Wildman–Crippen LogP) is 4.14. The fraction of sp³-hybridized carbons (Fsp3) is 0.0870. The lowest BCUT2D eigenvalue weighted by Crippen LogP contribution is -2.39. The molecule has 0 aliphatic heterocycles. The highest BCUT2D eigenvalue weighted by molar-refractivity contribution is 7.80. The Balaban J connectivity index is 1.71. The molecule has 0 aliphatic rings. The molecule has 0 saturated heterocycles. The largest absolute Gasteiger partial charge is 0.465 e. The summed E-state index contributed by atoms with van der Waals surface area (Å²) in [5.41, 5.74) is 2.58. The van der Waals surface area contributed by atoms with Gasteiger partial charge in [-0.05, 0) is 54.2 Å². The van der Waals surface area contributed by atoms with E-state index in [1.54, 1.807) is 24.3 Å². The van der Waals surface area contributed by atoms with Gasteiger partial charge in [-0.1, -0.05) is 48.5 Å². The smallest absolute Gasteiger partial charge is 0.337 e. The molecule has 1 amide bonds. The molecule has 3 N–H and O–H groups in total. The first kappa shape index (κ1) is 21.0. The Morgan fingerprint density at radius 2 is 1.37 bits per heavy atom. The number of nitrogens with one attached hydrogen (secondary N) is 3. The molecule has 0 aliphatic carbocycles. The fourth-order valence-corrected chi connectivity index (χ4v) is 3.02. The van der Waals surface area contributed by atoms with Gasteiger partial charge in [-0.25, -0.2) is 4.79 Å². The highest BCUT2D eigenvalue weighted by atomic mass is 32.1. The van der Waals surface area contributed by atoms with Crippen LogP contribution in [-0.2, 0) is 9.53 Å². The number of carbonyl (C=O) groups excluding carboxylic acids is 2. The summed E-state index contributed by atoms with van der Waals surface area (Å²) in [4.78, 5) is 24.5. The summed E-state index contributed by atoms with van der Waals surface area (Å²) in [6.45, 7) is 0. The van der Waals surface area contributed by atoms with Crippen molar-refractivity contribution in [2.45, 2.75) is 6.04 Å². The minimum absolute atomic E-state index is 0.238. The second-order valence-corrected chi connectivity index (χ2v) is 6.77. The Hall–Kier alpha value is -3.71. The predicted molar refractivity (Wildman–Crippen MR) is 121 cm³/mol. The van der Waals surface area contributed by atoms with Gasteiger partial charge in [0.05, 0.1) is 12.7 Å². The third-order valence-electron chi connectivity index (χ3n) is 4.28. The zero-order valence-electron chi connectivity index (χ0n) is 16.3. The summed E-state index contributed by atoms with van der Waals surface area (Å²) in [7, 11) is 1.33. The van der Waals surface area contributed by atoms with Gasteiger partial charge in [0, 0.05) is 11.4 Å². The van der Waals surface area contributed by atoms with Crippen molar-refractivity contribution in [1.82, 2.24) is 5.32 Å². The van der Waals surface area contributed by atoms with Crippen LogP contribution in [0.25, 0.3) is 0 Å². The summed E-state index contributed by atoms with van der Waals surface area (Å²) in [6, 6.07) is 24.5. The third kappa shape index (κ3) is 5.65. The number of anilines is 2. The third-order valence-corrected chi connectivity index (χ3v) is 4.50. The highest BCUT2D eigenvalue weighted by Crippen LogP contribution is 2.17. The first-order chi connectivity index (χ1) is 14.6. The number of thiocarbonyl (C=S) groups is 1. The average Bonchev–Trinajstić information content (AvgIpc) is 2.78. The van der Waals surface area contributed by atoms with E-state index in [0.29, 0.717) is 16.9 Å². The maximum atomic E-state index is 12.9. The lowest BCUT2D eigenvalue weighted by molar-refractivity contribution is -0.117. The second kappa shape index (κ2) is 10.2. The van der Waals surface area contributed by atoms with Crippen molar-refractivity contribution in [1.29, 1.82) is 0 Å². The van der Waals surface area contributed by atoms with Crippen molar-refractivity contribution in [2.75, 3.05) is 17.7 Å². The van der Waals surface area contributed by atoms with Crippen LogP contribution in [-0.4, -0.2) is 24.1 Å². The molecular formula is C23H21N3O3S. The van der Waals surface area contributed by atoms with Crippen LogP contribution in [0.2, 0.25) is 0 Å². The lowest BCUT2D eigenvalue weighted by atomic mass is 10.1. The molecule has 0 saturated carbocycles. The van der Waals surface area contributed by atoms with E-state index in [-0.39, 0.29) is 11.0 Å². The Bertz CT molecular complexity index is 1010. The van der Waals surface area contributed by atoms with E-state index in [4.69, 9.17) is 17.0 Å². The molecule has 6 nitrogen and oxygen atoms in total. The average molecular weight is 420 g/mol. The number of ether oxygens (including phenoxy) is 1. The lowest BCUT2D eigenvalue weighted by Gasteiger charge is -2.21. The first-order valence-electron chi connectivity index (χ1n) is 9.23. The Morgan fingerprint density at radius 3 is 1.97 bits per heavy atom. The number of benzene rings is 3. The van der Waals surface area contributed by atoms with E-state index in [9.17, 15) is 9.59 Å². The van der Waals surface area contributed by atoms with E-state index in [1.165, 1.54) is 7.11 Å². The van der Waals surface area contributed by atoms with Gasteiger partial charge in [0.15, 0.2) is 5.11 Å². The molecular weight excluding hydrogens is 398 g/mol. The SMILES string of the molecule is COC(=O)c1ccc(NC(=S)NC(C(=O)Nc2ccccc2)c2ccccc2)cc1. The Labute approximate surface area is 180 Å². The van der Waals surface area contributed by atoms with Crippen LogP contribution in [0.1, 0.15) is 22.0 Å². The van der Waals surface area contributed by atoms with Crippen LogP contribution < -0.4 is 16.0 Å². The number of carbonyl (C=O) groups is 2. The molecule has 0 bridgehead atoms. The van der Waals surface area contributed by atoms with Crippen LogP contribution in [0.3, 0.4) is 0 Å². The number of para-hydroxylation sites is 1. The van der Waals surface area contributed by atoms with Crippen LogP contribution >= 0.6 is 12.2 Å².